The summed E-state index contributed by atoms with van der Waals surface area (Å²) in [6.07, 6.45) is 4.41. The maximum atomic E-state index is 13.1. The quantitative estimate of drug-likeness (QED) is 0.264. The van der Waals surface area contributed by atoms with E-state index in [1.807, 2.05) is 46.0 Å². The first kappa shape index (κ1) is 30.2. The number of pyridine rings is 2. The number of hydrogen-bond acceptors (Lipinski definition) is 7. The van der Waals surface area contributed by atoms with Gasteiger partial charge in [-0.1, -0.05) is 13.8 Å². The van der Waals surface area contributed by atoms with Gasteiger partial charge in [-0.15, -0.1) is 0 Å². The van der Waals surface area contributed by atoms with Crippen LogP contribution in [0.4, 0.5) is 15.9 Å². The van der Waals surface area contributed by atoms with Gasteiger partial charge in [-0.2, -0.15) is 0 Å². The minimum Gasteiger partial charge on any atom is -0.492 e. The van der Waals surface area contributed by atoms with E-state index in [1.165, 1.54) is 12.1 Å². The number of carboxylic acid groups (broad SMARTS) is 1. The molecule has 1 fully saturated rings. The molecule has 0 radical (unpaired) electrons. The summed E-state index contributed by atoms with van der Waals surface area (Å²) in [7, 11) is 0. The van der Waals surface area contributed by atoms with Gasteiger partial charge >= 0.3 is 5.97 Å². The molecule has 1 aliphatic rings. The number of aryl methyl sites for hydroxylation is 1. The van der Waals surface area contributed by atoms with E-state index in [-0.39, 0.29) is 11.2 Å². The van der Waals surface area contributed by atoms with Crippen LogP contribution in [0.2, 0.25) is 0 Å². The van der Waals surface area contributed by atoms with Crippen LogP contribution in [0.15, 0.2) is 48.8 Å². The van der Waals surface area contributed by atoms with Gasteiger partial charge in [0.2, 0.25) is 0 Å². The van der Waals surface area contributed by atoms with Crippen molar-refractivity contribution in [1.82, 2.24) is 9.97 Å². The Bertz CT molecular complexity index is 1330. The number of carbonyl (C=O) groups is 1. The largest absolute Gasteiger partial charge is 0.492 e. The van der Waals surface area contributed by atoms with E-state index in [2.05, 4.69) is 34.0 Å². The lowest BCUT2D eigenvalue weighted by atomic mass is 9.82. The smallest absolute Gasteiger partial charge is 0.337 e. The molecule has 4 rings (SSSR count). The first-order valence-corrected chi connectivity index (χ1v) is 14.1. The zero-order valence-electron chi connectivity index (χ0n) is 24.8. The Labute approximate surface area is 241 Å². The molecule has 3 aromatic rings. The minimum atomic E-state index is -1.16. The van der Waals surface area contributed by atoms with Gasteiger partial charge in [-0.25, -0.2) is 14.2 Å². The number of benzene rings is 1. The van der Waals surface area contributed by atoms with Crippen molar-refractivity contribution in [1.29, 1.82) is 0 Å². The standard InChI is InChI=1S/C32H41FN4O4/c1-21-27(29(30(38)39)41-31(2,3)4)28(37-16-13-32(5,6)14-17-37)25(20-35-21)22-7-12-26(36-19-22)34-15-18-40-24-10-8-23(33)9-11-24/h7-12,19-20,29H,13-18H2,1-6H3,(H,34,36)(H,38,39)/t29-/m0/s1. The Kier molecular flexibility index (Phi) is 9.17. The van der Waals surface area contributed by atoms with Crippen LogP contribution in [-0.4, -0.2) is 52.9 Å². The molecule has 0 amide bonds. The second-order valence-corrected chi connectivity index (χ2v) is 12.3. The number of carboxylic acids is 1. The van der Waals surface area contributed by atoms with Crippen molar-refractivity contribution >= 4 is 17.5 Å². The monoisotopic (exact) mass is 564 g/mol. The molecule has 0 spiro atoms. The molecule has 220 valence electrons. The predicted octanol–water partition coefficient (Wildman–Crippen LogP) is 6.65. The number of aliphatic carboxylic acids is 1. The van der Waals surface area contributed by atoms with Gasteiger partial charge in [0.05, 0.1) is 17.8 Å². The molecule has 1 aromatic carbocycles. The second kappa shape index (κ2) is 12.4. The first-order valence-electron chi connectivity index (χ1n) is 14.1. The normalized spacial score (nSPS) is 15.8. The summed E-state index contributed by atoms with van der Waals surface area (Å²) in [5.74, 6) is -0.0651. The Hall–Kier alpha value is -3.72. The number of piperidine rings is 1. The highest BCUT2D eigenvalue weighted by Gasteiger charge is 2.35. The van der Waals surface area contributed by atoms with Crippen molar-refractivity contribution in [2.45, 2.75) is 66.1 Å². The third kappa shape index (κ3) is 7.94. The van der Waals surface area contributed by atoms with E-state index in [4.69, 9.17) is 9.47 Å². The molecule has 2 aromatic heterocycles. The molecule has 1 saturated heterocycles. The summed E-state index contributed by atoms with van der Waals surface area (Å²) in [6.45, 7) is 14.5. The zero-order chi connectivity index (χ0) is 29.8. The van der Waals surface area contributed by atoms with Crippen molar-refractivity contribution in [3.63, 3.8) is 0 Å². The number of hydrogen-bond donors (Lipinski definition) is 2. The number of halogens is 1. The third-order valence-electron chi connectivity index (χ3n) is 7.24. The molecule has 0 unspecified atom stereocenters. The summed E-state index contributed by atoms with van der Waals surface area (Å²) in [4.78, 5) is 24.1. The lowest BCUT2D eigenvalue weighted by molar-refractivity contribution is -0.160. The molecule has 0 saturated carbocycles. The van der Waals surface area contributed by atoms with Crippen molar-refractivity contribution < 1.29 is 23.8 Å². The van der Waals surface area contributed by atoms with Crippen LogP contribution < -0.4 is 15.0 Å². The van der Waals surface area contributed by atoms with Gasteiger partial charge in [0, 0.05) is 47.9 Å². The van der Waals surface area contributed by atoms with Crippen molar-refractivity contribution in [2.75, 3.05) is 36.5 Å². The summed E-state index contributed by atoms with van der Waals surface area (Å²) < 4.78 is 24.8. The fraction of sp³-hybridized carbons (Fsp3) is 0.469. The highest BCUT2D eigenvalue weighted by Crippen LogP contribution is 2.43. The minimum absolute atomic E-state index is 0.225. The molecule has 0 bridgehead atoms. The number of nitrogens with zero attached hydrogens (tertiary/aromatic N) is 3. The lowest BCUT2D eigenvalue weighted by Gasteiger charge is -2.40. The Morgan fingerprint density at radius 1 is 1.10 bits per heavy atom. The summed E-state index contributed by atoms with van der Waals surface area (Å²) in [6, 6.07) is 9.76. The van der Waals surface area contributed by atoms with Gasteiger partial charge in [0.1, 0.15) is 24.0 Å². The Morgan fingerprint density at radius 2 is 1.78 bits per heavy atom. The van der Waals surface area contributed by atoms with E-state index < -0.39 is 17.7 Å². The molecule has 41 heavy (non-hydrogen) atoms. The van der Waals surface area contributed by atoms with E-state index >= 15 is 0 Å². The van der Waals surface area contributed by atoms with Crippen molar-refractivity contribution in [3.8, 4) is 16.9 Å². The Balaban J connectivity index is 1.61. The molecular formula is C32H41FN4O4. The third-order valence-corrected chi connectivity index (χ3v) is 7.24. The fourth-order valence-corrected chi connectivity index (χ4v) is 4.93. The predicted molar refractivity (Wildman–Crippen MR) is 159 cm³/mol. The molecule has 3 heterocycles. The lowest BCUT2D eigenvalue weighted by Crippen LogP contribution is -2.39. The van der Waals surface area contributed by atoms with Gasteiger partial charge in [0.25, 0.3) is 0 Å². The number of aromatic nitrogens is 2. The van der Waals surface area contributed by atoms with Crippen LogP contribution in [0.3, 0.4) is 0 Å². The molecule has 8 nitrogen and oxygen atoms in total. The number of nitrogens with one attached hydrogen (secondary N) is 1. The zero-order valence-corrected chi connectivity index (χ0v) is 24.8. The van der Waals surface area contributed by atoms with E-state index in [1.54, 1.807) is 18.3 Å². The number of ether oxygens (including phenoxy) is 2. The summed E-state index contributed by atoms with van der Waals surface area (Å²) in [5, 5.41) is 13.5. The maximum Gasteiger partial charge on any atom is 0.337 e. The van der Waals surface area contributed by atoms with E-state index in [9.17, 15) is 14.3 Å². The number of anilines is 2. The van der Waals surface area contributed by atoms with Gasteiger partial charge < -0.3 is 24.8 Å². The average Bonchev–Trinajstić information content (AvgIpc) is 2.91. The number of rotatable bonds is 10. The molecule has 1 atom stereocenters. The topological polar surface area (TPSA) is 96.8 Å². The summed E-state index contributed by atoms with van der Waals surface area (Å²) in [5.41, 5.74) is 3.30. The van der Waals surface area contributed by atoms with Gasteiger partial charge in [0.15, 0.2) is 6.10 Å². The first-order chi connectivity index (χ1) is 19.3. The van der Waals surface area contributed by atoms with E-state index in [0.29, 0.717) is 36.0 Å². The highest BCUT2D eigenvalue weighted by atomic mass is 19.1. The molecule has 0 aliphatic carbocycles. The molecule has 9 heteroatoms. The Morgan fingerprint density at radius 3 is 2.37 bits per heavy atom. The molecule has 2 N–H and O–H groups in total. The van der Waals surface area contributed by atoms with E-state index in [0.717, 1.165) is 42.7 Å². The van der Waals surface area contributed by atoms with Crippen LogP contribution in [0.1, 0.15) is 64.8 Å². The fourth-order valence-electron chi connectivity index (χ4n) is 4.93. The average molecular weight is 565 g/mol. The van der Waals surface area contributed by atoms with Crippen LogP contribution in [0.25, 0.3) is 11.1 Å². The van der Waals surface area contributed by atoms with Crippen LogP contribution in [-0.2, 0) is 9.53 Å². The highest BCUT2D eigenvalue weighted by molar-refractivity contribution is 5.86. The van der Waals surface area contributed by atoms with Crippen LogP contribution in [0, 0.1) is 18.2 Å². The van der Waals surface area contributed by atoms with Gasteiger partial charge in [-0.3, -0.25) is 4.98 Å². The second-order valence-electron chi connectivity index (χ2n) is 12.3. The maximum absolute atomic E-state index is 13.1. The van der Waals surface area contributed by atoms with Crippen LogP contribution in [0.5, 0.6) is 5.75 Å². The molecular weight excluding hydrogens is 523 g/mol. The van der Waals surface area contributed by atoms with Crippen molar-refractivity contribution in [2.24, 2.45) is 5.41 Å². The SMILES string of the molecule is Cc1ncc(-c2ccc(NCCOc3ccc(F)cc3)nc2)c(N2CCC(C)(C)CC2)c1[C@H](OC(C)(C)C)C(=O)O. The summed E-state index contributed by atoms with van der Waals surface area (Å²) >= 11 is 0. The molecule has 1 aliphatic heterocycles. The van der Waals surface area contributed by atoms with Crippen molar-refractivity contribution in [3.05, 3.63) is 65.9 Å². The van der Waals surface area contributed by atoms with Gasteiger partial charge in [-0.05, 0) is 82.3 Å². The van der Waals surface area contributed by atoms with Crippen LogP contribution >= 0.6 is 0 Å².